The second kappa shape index (κ2) is 5.36. The molecule has 1 heterocycles. The SMILES string of the molecule is COc1ccc(-c2cc(CO)c(C)n2C)cc1OC. The van der Waals surface area contributed by atoms with E-state index in [9.17, 15) is 5.11 Å². The second-order valence-corrected chi connectivity index (χ2v) is 4.43. The topological polar surface area (TPSA) is 43.6 Å². The summed E-state index contributed by atoms with van der Waals surface area (Å²) in [5.41, 5.74) is 4.07. The standard InChI is InChI=1S/C15H19NO3/c1-10-12(9-17)7-13(16(10)2)11-5-6-14(18-3)15(8-11)19-4/h5-8,17H,9H2,1-4H3. The van der Waals surface area contributed by atoms with Crippen LogP contribution in [0.1, 0.15) is 11.3 Å². The van der Waals surface area contributed by atoms with Gasteiger partial charge in [-0.25, -0.2) is 0 Å². The Bertz CT molecular complexity index is 587. The van der Waals surface area contributed by atoms with Gasteiger partial charge in [0.2, 0.25) is 0 Å². The molecule has 2 rings (SSSR count). The molecule has 0 atom stereocenters. The monoisotopic (exact) mass is 261 g/mol. The Morgan fingerprint density at radius 2 is 1.79 bits per heavy atom. The summed E-state index contributed by atoms with van der Waals surface area (Å²) >= 11 is 0. The predicted octanol–water partition coefficient (Wildman–Crippen LogP) is 2.51. The number of aliphatic hydroxyl groups excluding tert-OH is 1. The van der Waals surface area contributed by atoms with E-state index in [0.717, 1.165) is 22.5 Å². The van der Waals surface area contributed by atoms with Crippen molar-refractivity contribution in [1.29, 1.82) is 0 Å². The average Bonchev–Trinajstić information content (AvgIpc) is 2.74. The Hall–Kier alpha value is -1.94. The minimum absolute atomic E-state index is 0.0486. The van der Waals surface area contributed by atoms with Gasteiger partial charge in [0.15, 0.2) is 11.5 Å². The molecule has 0 aliphatic heterocycles. The van der Waals surface area contributed by atoms with Gasteiger partial charge in [0.05, 0.1) is 20.8 Å². The van der Waals surface area contributed by atoms with Gasteiger partial charge in [-0.15, -0.1) is 0 Å². The van der Waals surface area contributed by atoms with Gasteiger partial charge in [-0.1, -0.05) is 0 Å². The predicted molar refractivity (Wildman–Crippen MR) is 74.6 cm³/mol. The smallest absolute Gasteiger partial charge is 0.161 e. The summed E-state index contributed by atoms with van der Waals surface area (Å²) in [7, 11) is 5.23. The summed E-state index contributed by atoms with van der Waals surface area (Å²) in [6.45, 7) is 2.04. The van der Waals surface area contributed by atoms with Crippen LogP contribution in [0.25, 0.3) is 11.3 Å². The summed E-state index contributed by atoms with van der Waals surface area (Å²) in [5.74, 6) is 1.41. The molecular formula is C15H19NO3. The number of benzene rings is 1. The molecule has 0 spiro atoms. The largest absolute Gasteiger partial charge is 0.493 e. The minimum atomic E-state index is 0.0486. The first-order valence-corrected chi connectivity index (χ1v) is 6.10. The van der Waals surface area contributed by atoms with Crippen molar-refractivity contribution in [3.05, 3.63) is 35.5 Å². The zero-order valence-electron chi connectivity index (χ0n) is 11.7. The highest BCUT2D eigenvalue weighted by atomic mass is 16.5. The van der Waals surface area contributed by atoms with E-state index in [1.54, 1.807) is 14.2 Å². The number of rotatable bonds is 4. The molecule has 2 aromatic rings. The minimum Gasteiger partial charge on any atom is -0.493 e. The van der Waals surface area contributed by atoms with Crippen LogP contribution in [0.15, 0.2) is 24.3 Å². The van der Waals surface area contributed by atoms with E-state index in [-0.39, 0.29) is 6.61 Å². The Morgan fingerprint density at radius 3 is 2.32 bits per heavy atom. The molecule has 0 aliphatic carbocycles. The Labute approximate surface area is 113 Å². The molecule has 0 unspecified atom stereocenters. The lowest BCUT2D eigenvalue weighted by molar-refractivity contribution is 0.281. The van der Waals surface area contributed by atoms with Crippen molar-refractivity contribution >= 4 is 0 Å². The van der Waals surface area contributed by atoms with Crippen LogP contribution in [0.4, 0.5) is 0 Å². The average molecular weight is 261 g/mol. The fourth-order valence-corrected chi connectivity index (χ4v) is 2.19. The Morgan fingerprint density at radius 1 is 1.11 bits per heavy atom. The van der Waals surface area contributed by atoms with E-state index in [2.05, 4.69) is 4.57 Å². The third-order valence-electron chi connectivity index (χ3n) is 3.49. The molecule has 0 saturated carbocycles. The molecule has 102 valence electrons. The lowest BCUT2D eigenvalue weighted by Gasteiger charge is -2.10. The summed E-state index contributed by atoms with van der Waals surface area (Å²) in [6.07, 6.45) is 0. The zero-order chi connectivity index (χ0) is 14.0. The van der Waals surface area contributed by atoms with Gasteiger partial charge in [0.25, 0.3) is 0 Å². The van der Waals surface area contributed by atoms with Crippen LogP contribution in [0.5, 0.6) is 11.5 Å². The van der Waals surface area contributed by atoms with Crippen molar-refractivity contribution < 1.29 is 14.6 Å². The number of ether oxygens (including phenoxy) is 2. The van der Waals surface area contributed by atoms with E-state index in [4.69, 9.17) is 9.47 Å². The molecule has 0 radical (unpaired) electrons. The van der Waals surface area contributed by atoms with E-state index in [1.807, 2.05) is 38.2 Å². The van der Waals surface area contributed by atoms with E-state index in [1.165, 1.54) is 0 Å². The lowest BCUT2D eigenvalue weighted by Crippen LogP contribution is -1.96. The number of hydrogen-bond donors (Lipinski definition) is 1. The molecule has 1 aromatic carbocycles. The molecule has 4 nitrogen and oxygen atoms in total. The van der Waals surface area contributed by atoms with E-state index < -0.39 is 0 Å². The summed E-state index contributed by atoms with van der Waals surface area (Å²) in [6, 6.07) is 7.80. The molecule has 0 aliphatic rings. The van der Waals surface area contributed by atoms with Gasteiger partial charge < -0.3 is 19.1 Å². The van der Waals surface area contributed by atoms with Gasteiger partial charge >= 0.3 is 0 Å². The number of hydrogen-bond acceptors (Lipinski definition) is 3. The molecule has 0 amide bonds. The number of methoxy groups -OCH3 is 2. The van der Waals surface area contributed by atoms with Crippen molar-refractivity contribution in [3.63, 3.8) is 0 Å². The molecule has 19 heavy (non-hydrogen) atoms. The van der Waals surface area contributed by atoms with Crippen molar-refractivity contribution in [2.45, 2.75) is 13.5 Å². The van der Waals surface area contributed by atoms with Crippen LogP contribution < -0.4 is 9.47 Å². The fraction of sp³-hybridized carbons (Fsp3) is 0.333. The highest BCUT2D eigenvalue weighted by Crippen LogP contribution is 2.33. The van der Waals surface area contributed by atoms with Crippen molar-refractivity contribution in [1.82, 2.24) is 4.57 Å². The van der Waals surface area contributed by atoms with Crippen LogP contribution in [0, 0.1) is 6.92 Å². The first-order valence-electron chi connectivity index (χ1n) is 6.10. The maximum Gasteiger partial charge on any atom is 0.161 e. The molecular weight excluding hydrogens is 242 g/mol. The molecule has 4 heteroatoms. The number of aliphatic hydroxyl groups is 1. The quantitative estimate of drug-likeness (QED) is 0.919. The van der Waals surface area contributed by atoms with Gasteiger partial charge in [-0.05, 0) is 36.8 Å². The molecule has 0 fully saturated rings. The number of aromatic nitrogens is 1. The third-order valence-corrected chi connectivity index (χ3v) is 3.49. The summed E-state index contributed by atoms with van der Waals surface area (Å²) < 4.78 is 12.6. The maximum absolute atomic E-state index is 9.33. The Balaban J connectivity index is 2.53. The highest BCUT2D eigenvalue weighted by Gasteiger charge is 2.12. The van der Waals surface area contributed by atoms with Crippen molar-refractivity contribution in [2.75, 3.05) is 14.2 Å². The molecule has 1 aromatic heterocycles. The Kier molecular flexibility index (Phi) is 3.81. The van der Waals surface area contributed by atoms with Crippen LogP contribution in [-0.2, 0) is 13.7 Å². The first-order chi connectivity index (χ1) is 9.12. The highest BCUT2D eigenvalue weighted by molar-refractivity contribution is 5.66. The molecule has 0 bridgehead atoms. The first kappa shape index (κ1) is 13.5. The van der Waals surface area contributed by atoms with Gasteiger partial charge in [0.1, 0.15) is 0 Å². The number of nitrogens with zero attached hydrogens (tertiary/aromatic N) is 1. The zero-order valence-corrected chi connectivity index (χ0v) is 11.7. The maximum atomic E-state index is 9.33. The van der Waals surface area contributed by atoms with Gasteiger partial charge in [0, 0.05) is 24.0 Å². The van der Waals surface area contributed by atoms with E-state index >= 15 is 0 Å². The summed E-state index contributed by atoms with van der Waals surface area (Å²) in [4.78, 5) is 0. The fourth-order valence-electron chi connectivity index (χ4n) is 2.19. The van der Waals surface area contributed by atoms with Crippen molar-refractivity contribution in [2.24, 2.45) is 7.05 Å². The third kappa shape index (κ3) is 2.31. The van der Waals surface area contributed by atoms with Crippen molar-refractivity contribution in [3.8, 4) is 22.8 Å². The van der Waals surface area contributed by atoms with Gasteiger partial charge in [-0.2, -0.15) is 0 Å². The van der Waals surface area contributed by atoms with Crippen LogP contribution in [-0.4, -0.2) is 23.9 Å². The summed E-state index contributed by atoms with van der Waals surface area (Å²) in [5, 5.41) is 9.33. The van der Waals surface area contributed by atoms with E-state index in [0.29, 0.717) is 11.5 Å². The van der Waals surface area contributed by atoms with Gasteiger partial charge in [-0.3, -0.25) is 0 Å². The normalized spacial score (nSPS) is 10.6. The van der Waals surface area contributed by atoms with Crippen LogP contribution >= 0.6 is 0 Å². The molecule has 1 N–H and O–H groups in total. The molecule has 0 saturated heterocycles. The van der Waals surface area contributed by atoms with Crippen LogP contribution in [0.3, 0.4) is 0 Å². The second-order valence-electron chi connectivity index (χ2n) is 4.43. The van der Waals surface area contributed by atoms with Crippen LogP contribution in [0.2, 0.25) is 0 Å². The lowest BCUT2D eigenvalue weighted by atomic mass is 10.1.